The lowest BCUT2D eigenvalue weighted by molar-refractivity contribution is 0.301. The Kier molecular flexibility index (Phi) is 3.60. The predicted molar refractivity (Wildman–Crippen MR) is 75.3 cm³/mol. The number of hydrogen-bond donors (Lipinski definition) is 2. The van der Waals surface area contributed by atoms with Crippen molar-refractivity contribution in [3.63, 3.8) is 0 Å². The van der Waals surface area contributed by atoms with Gasteiger partial charge >= 0.3 is 0 Å². The molecule has 0 spiro atoms. The lowest BCUT2D eigenvalue weighted by Crippen LogP contribution is -2.24. The van der Waals surface area contributed by atoms with Gasteiger partial charge in [-0.05, 0) is 18.8 Å². The number of nitrogens with zero attached hydrogens (tertiary/aromatic N) is 2. The zero-order valence-electron chi connectivity index (χ0n) is 11.0. The van der Waals surface area contributed by atoms with E-state index in [4.69, 9.17) is 5.73 Å². The third-order valence-corrected chi connectivity index (χ3v) is 4.01. The maximum atomic E-state index is 6.33. The second-order valence-electron chi connectivity index (χ2n) is 5.33. The van der Waals surface area contributed by atoms with E-state index in [1.54, 1.807) is 0 Å². The van der Waals surface area contributed by atoms with Crippen LogP contribution in [-0.2, 0) is 0 Å². The molecule has 2 aromatic rings. The Balaban J connectivity index is 1.77. The summed E-state index contributed by atoms with van der Waals surface area (Å²) < 4.78 is 0. The van der Waals surface area contributed by atoms with Crippen molar-refractivity contribution in [2.24, 2.45) is 11.7 Å². The van der Waals surface area contributed by atoms with Crippen LogP contribution in [0.1, 0.15) is 44.0 Å². The van der Waals surface area contributed by atoms with Gasteiger partial charge in [0.1, 0.15) is 5.82 Å². The number of rotatable bonds is 3. The highest BCUT2D eigenvalue weighted by atomic mass is 15.2. The van der Waals surface area contributed by atoms with Crippen molar-refractivity contribution < 1.29 is 0 Å². The van der Waals surface area contributed by atoms with E-state index in [-0.39, 0.29) is 6.04 Å². The Morgan fingerprint density at radius 3 is 2.58 bits per heavy atom. The van der Waals surface area contributed by atoms with Crippen molar-refractivity contribution in [1.82, 2.24) is 15.2 Å². The van der Waals surface area contributed by atoms with Gasteiger partial charge in [0, 0.05) is 5.56 Å². The van der Waals surface area contributed by atoms with Crippen LogP contribution >= 0.6 is 0 Å². The number of nitrogens with one attached hydrogen (secondary N) is 1. The van der Waals surface area contributed by atoms with E-state index < -0.39 is 0 Å². The van der Waals surface area contributed by atoms with Gasteiger partial charge in [0.05, 0.1) is 6.04 Å². The zero-order valence-corrected chi connectivity index (χ0v) is 11.0. The average Bonchev–Trinajstić information content (AvgIpc) is 2.98. The molecule has 1 fully saturated rings. The van der Waals surface area contributed by atoms with Crippen LogP contribution in [0.5, 0.6) is 0 Å². The van der Waals surface area contributed by atoms with Gasteiger partial charge in [0.2, 0.25) is 0 Å². The molecule has 1 aliphatic rings. The molecule has 0 bridgehead atoms. The summed E-state index contributed by atoms with van der Waals surface area (Å²) in [6, 6.07) is 9.99. The summed E-state index contributed by atoms with van der Waals surface area (Å²) in [5, 5.41) is 7.30. The average molecular weight is 256 g/mol. The minimum absolute atomic E-state index is 0.00902. The summed E-state index contributed by atoms with van der Waals surface area (Å²) in [5.41, 5.74) is 7.36. The van der Waals surface area contributed by atoms with Gasteiger partial charge in [0.25, 0.3) is 0 Å². The van der Waals surface area contributed by atoms with Crippen LogP contribution in [-0.4, -0.2) is 15.2 Å². The molecule has 1 atom stereocenters. The molecule has 1 heterocycles. The van der Waals surface area contributed by atoms with Gasteiger partial charge in [-0.2, -0.15) is 5.10 Å². The van der Waals surface area contributed by atoms with Crippen molar-refractivity contribution >= 4 is 0 Å². The Labute approximate surface area is 113 Å². The molecule has 4 heteroatoms. The molecule has 0 saturated heterocycles. The van der Waals surface area contributed by atoms with Gasteiger partial charge in [-0.15, -0.1) is 0 Å². The summed E-state index contributed by atoms with van der Waals surface area (Å²) in [6.45, 7) is 0. The molecule has 1 aromatic carbocycles. The Morgan fingerprint density at radius 1 is 1.11 bits per heavy atom. The third kappa shape index (κ3) is 2.68. The first-order valence-electron chi connectivity index (χ1n) is 7.08. The Bertz CT molecular complexity index is 514. The van der Waals surface area contributed by atoms with Gasteiger partial charge < -0.3 is 5.73 Å². The maximum Gasteiger partial charge on any atom is 0.181 e. The first-order chi connectivity index (χ1) is 9.34. The molecule has 0 amide bonds. The summed E-state index contributed by atoms with van der Waals surface area (Å²) in [6.07, 6.45) is 6.34. The smallest absolute Gasteiger partial charge is 0.181 e. The number of benzene rings is 1. The lowest BCUT2D eigenvalue weighted by Gasteiger charge is -2.25. The van der Waals surface area contributed by atoms with Crippen LogP contribution in [0.25, 0.3) is 11.4 Å². The second-order valence-corrected chi connectivity index (χ2v) is 5.33. The predicted octanol–water partition coefficient (Wildman–Crippen LogP) is 3.05. The molecular weight excluding hydrogens is 236 g/mol. The van der Waals surface area contributed by atoms with Crippen molar-refractivity contribution in [3.05, 3.63) is 36.2 Å². The van der Waals surface area contributed by atoms with Crippen molar-refractivity contribution in [2.75, 3.05) is 0 Å². The molecule has 0 radical (unpaired) electrons. The summed E-state index contributed by atoms with van der Waals surface area (Å²) in [4.78, 5) is 4.56. The Hall–Kier alpha value is -1.68. The van der Waals surface area contributed by atoms with Crippen LogP contribution in [0.2, 0.25) is 0 Å². The quantitative estimate of drug-likeness (QED) is 0.887. The lowest BCUT2D eigenvalue weighted by atomic mass is 9.84. The minimum Gasteiger partial charge on any atom is -0.321 e. The van der Waals surface area contributed by atoms with E-state index in [2.05, 4.69) is 15.2 Å². The number of H-pyrrole nitrogens is 1. The van der Waals surface area contributed by atoms with Gasteiger partial charge in [0.15, 0.2) is 5.82 Å². The first kappa shape index (κ1) is 12.4. The molecule has 1 unspecified atom stereocenters. The van der Waals surface area contributed by atoms with Gasteiger partial charge in [-0.25, -0.2) is 4.98 Å². The third-order valence-electron chi connectivity index (χ3n) is 4.01. The van der Waals surface area contributed by atoms with E-state index in [9.17, 15) is 0 Å². The fourth-order valence-electron chi connectivity index (χ4n) is 2.86. The van der Waals surface area contributed by atoms with Crippen LogP contribution in [0.3, 0.4) is 0 Å². The topological polar surface area (TPSA) is 67.6 Å². The SMILES string of the molecule is NC(c1nc(-c2ccccc2)n[nH]1)C1CCCCC1. The first-order valence-corrected chi connectivity index (χ1v) is 7.08. The van der Waals surface area contributed by atoms with Crippen molar-refractivity contribution in [2.45, 2.75) is 38.1 Å². The highest BCUT2D eigenvalue weighted by molar-refractivity contribution is 5.53. The van der Waals surface area contributed by atoms with Crippen LogP contribution in [0.15, 0.2) is 30.3 Å². The zero-order chi connectivity index (χ0) is 13.1. The Morgan fingerprint density at radius 2 is 1.84 bits per heavy atom. The molecule has 1 aliphatic carbocycles. The molecule has 3 N–H and O–H groups in total. The molecule has 0 aliphatic heterocycles. The van der Waals surface area contributed by atoms with Gasteiger partial charge in [-0.3, -0.25) is 5.10 Å². The van der Waals surface area contributed by atoms with Crippen LogP contribution < -0.4 is 5.73 Å². The highest BCUT2D eigenvalue weighted by Gasteiger charge is 2.24. The van der Waals surface area contributed by atoms with E-state index in [1.165, 1.54) is 32.1 Å². The number of nitrogens with two attached hydrogens (primary N) is 1. The van der Waals surface area contributed by atoms with Crippen molar-refractivity contribution in [3.8, 4) is 11.4 Å². The molecule has 3 rings (SSSR count). The molecule has 100 valence electrons. The molecule has 4 nitrogen and oxygen atoms in total. The van der Waals surface area contributed by atoms with E-state index in [0.717, 1.165) is 17.2 Å². The fraction of sp³-hybridized carbons (Fsp3) is 0.467. The molecule has 1 saturated carbocycles. The summed E-state index contributed by atoms with van der Waals surface area (Å²) in [5.74, 6) is 2.11. The monoisotopic (exact) mass is 256 g/mol. The van der Waals surface area contributed by atoms with E-state index >= 15 is 0 Å². The number of hydrogen-bond acceptors (Lipinski definition) is 3. The normalized spacial score (nSPS) is 18.4. The standard InChI is InChI=1S/C15H20N4/c16-13(11-7-3-1-4-8-11)15-17-14(18-19-15)12-9-5-2-6-10-12/h2,5-6,9-11,13H,1,3-4,7-8,16H2,(H,17,18,19). The fourth-order valence-corrected chi connectivity index (χ4v) is 2.86. The van der Waals surface area contributed by atoms with Crippen LogP contribution in [0.4, 0.5) is 0 Å². The summed E-state index contributed by atoms with van der Waals surface area (Å²) in [7, 11) is 0. The molecule has 19 heavy (non-hydrogen) atoms. The van der Waals surface area contributed by atoms with Gasteiger partial charge in [-0.1, -0.05) is 49.6 Å². The number of aromatic nitrogens is 3. The molecule has 1 aromatic heterocycles. The van der Waals surface area contributed by atoms with E-state index in [0.29, 0.717) is 5.92 Å². The summed E-state index contributed by atoms with van der Waals surface area (Å²) >= 11 is 0. The minimum atomic E-state index is -0.00902. The highest BCUT2D eigenvalue weighted by Crippen LogP contribution is 2.32. The second kappa shape index (κ2) is 5.53. The van der Waals surface area contributed by atoms with E-state index in [1.807, 2.05) is 30.3 Å². The van der Waals surface area contributed by atoms with Crippen molar-refractivity contribution in [1.29, 1.82) is 0 Å². The largest absolute Gasteiger partial charge is 0.321 e. The molecular formula is C15H20N4. The number of aromatic amines is 1. The maximum absolute atomic E-state index is 6.33. The van der Waals surface area contributed by atoms with Crippen LogP contribution in [0, 0.1) is 5.92 Å².